The number of hydrogen-bond acceptors (Lipinski definition) is 5. The Morgan fingerprint density at radius 3 is 2.64 bits per heavy atom. The van der Waals surface area contributed by atoms with E-state index in [-0.39, 0.29) is 12.1 Å². The van der Waals surface area contributed by atoms with E-state index in [9.17, 15) is 13.9 Å². The number of nitrogens with one attached hydrogen (secondary N) is 1. The molecule has 0 aliphatic heterocycles. The number of benzene rings is 1. The second-order valence-electron chi connectivity index (χ2n) is 4.77. The predicted molar refractivity (Wildman–Crippen MR) is 75.3 cm³/mol. The van der Waals surface area contributed by atoms with Crippen molar-refractivity contribution in [2.24, 2.45) is 0 Å². The molecule has 2 heterocycles. The summed E-state index contributed by atoms with van der Waals surface area (Å²) >= 11 is 0. The van der Waals surface area contributed by atoms with Crippen LogP contribution in [0.2, 0.25) is 0 Å². The van der Waals surface area contributed by atoms with Crippen LogP contribution >= 0.6 is 0 Å². The standard InChI is InChI=1S/C14H13F2N5O/c1-8-18-19-13-6-5-12(20-21(8)13)17-7-11(22)14-9(15)3-2-4-10(14)16/h2-6,11,22H,7H2,1H3,(H,17,20). The van der Waals surface area contributed by atoms with Crippen molar-refractivity contribution in [3.05, 3.63) is 53.4 Å². The Balaban J connectivity index is 1.77. The Kier molecular flexibility index (Phi) is 3.68. The minimum absolute atomic E-state index is 0.0858. The lowest BCUT2D eigenvalue weighted by Crippen LogP contribution is -2.16. The van der Waals surface area contributed by atoms with Crippen LogP contribution in [0.3, 0.4) is 0 Å². The summed E-state index contributed by atoms with van der Waals surface area (Å²) < 4.78 is 28.7. The van der Waals surface area contributed by atoms with E-state index in [2.05, 4.69) is 20.6 Å². The Hall–Kier alpha value is -2.61. The summed E-state index contributed by atoms with van der Waals surface area (Å²) in [6, 6.07) is 6.80. The Bertz CT molecular complexity index is 800. The van der Waals surface area contributed by atoms with Gasteiger partial charge in [-0.25, -0.2) is 8.78 Å². The summed E-state index contributed by atoms with van der Waals surface area (Å²) in [7, 11) is 0. The number of halogens is 2. The molecule has 3 aromatic rings. The van der Waals surface area contributed by atoms with Gasteiger partial charge in [-0.3, -0.25) is 0 Å². The third-order valence-electron chi connectivity index (χ3n) is 3.23. The van der Waals surface area contributed by atoms with Gasteiger partial charge in [-0.05, 0) is 31.2 Å². The Morgan fingerprint density at radius 2 is 1.91 bits per heavy atom. The fraction of sp³-hybridized carbons (Fsp3) is 0.214. The van der Waals surface area contributed by atoms with Crippen LogP contribution in [0.4, 0.5) is 14.6 Å². The molecule has 1 aromatic carbocycles. The van der Waals surface area contributed by atoms with Crippen molar-refractivity contribution >= 4 is 11.5 Å². The van der Waals surface area contributed by atoms with E-state index in [1.54, 1.807) is 19.1 Å². The maximum atomic E-state index is 13.6. The molecule has 1 unspecified atom stereocenters. The van der Waals surface area contributed by atoms with E-state index < -0.39 is 17.7 Å². The fourth-order valence-electron chi connectivity index (χ4n) is 2.12. The quantitative estimate of drug-likeness (QED) is 0.769. The summed E-state index contributed by atoms with van der Waals surface area (Å²) in [5.74, 6) is -0.523. The van der Waals surface area contributed by atoms with Crippen LogP contribution in [0.25, 0.3) is 5.65 Å². The van der Waals surface area contributed by atoms with Crippen molar-refractivity contribution in [2.45, 2.75) is 13.0 Å². The molecule has 0 spiro atoms. The number of nitrogens with zero attached hydrogens (tertiary/aromatic N) is 4. The van der Waals surface area contributed by atoms with Gasteiger partial charge in [-0.2, -0.15) is 4.52 Å². The minimum atomic E-state index is -1.33. The van der Waals surface area contributed by atoms with E-state index in [4.69, 9.17) is 0 Å². The zero-order chi connectivity index (χ0) is 15.7. The molecule has 22 heavy (non-hydrogen) atoms. The zero-order valence-corrected chi connectivity index (χ0v) is 11.7. The highest BCUT2D eigenvalue weighted by atomic mass is 19.1. The first kappa shape index (κ1) is 14.3. The molecule has 2 N–H and O–H groups in total. The molecule has 2 aromatic heterocycles. The molecule has 0 bridgehead atoms. The summed E-state index contributed by atoms with van der Waals surface area (Å²) in [6.45, 7) is 1.66. The molecule has 8 heteroatoms. The maximum Gasteiger partial charge on any atom is 0.178 e. The van der Waals surface area contributed by atoms with Crippen molar-refractivity contribution in [1.82, 2.24) is 19.8 Å². The monoisotopic (exact) mass is 305 g/mol. The van der Waals surface area contributed by atoms with Gasteiger partial charge in [0.1, 0.15) is 23.6 Å². The molecule has 1 atom stereocenters. The third kappa shape index (κ3) is 2.60. The first-order chi connectivity index (χ1) is 10.6. The Morgan fingerprint density at radius 1 is 1.18 bits per heavy atom. The number of aliphatic hydroxyl groups excluding tert-OH is 1. The lowest BCUT2D eigenvalue weighted by Gasteiger charge is -2.14. The Labute approximate surface area is 124 Å². The van der Waals surface area contributed by atoms with Crippen molar-refractivity contribution < 1.29 is 13.9 Å². The van der Waals surface area contributed by atoms with Crippen LogP contribution in [0.5, 0.6) is 0 Å². The topological polar surface area (TPSA) is 75.3 Å². The van der Waals surface area contributed by atoms with Gasteiger partial charge in [0, 0.05) is 6.54 Å². The van der Waals surface area contributed by atoms with Gasteiger partial charge < -0.3 is 10.4 Å². The highest BCUT2D eigenvalue weighted by Crippen LogP contribution is 2.21. The van der Waals surface area contributed by atoms with Gasteiger partial charge in [0.25, 0.3) is 0 Å². The highest BCUT2D eigenvalue weighted by Gasteiger charge is 2.17. The molecule has 3 rings (SSSR count). The van der Waals surface area contributed by atoms with Crippen molar-refractivity contribution in [2.75, 3.05) is 11.9 Å². The summed E-state index contributed by atoms with van der Waals surface area (Å²) in [6.07, 6.45) is -1.33. The molecule has 0 aliphatic carbocycles. The highest BCUT2D eigenvalue weighted by molar-refractivity contribution is 5.44. The SMILES string of the molecule is Cc1nnc2ccc(NCC(O)c3c(F)cccc3F)nn12. The number of hydrogen-bond donors (Lipinski definition) is 2. The molecule has 0 fully saturated rings. The number of aryl methyl sites for hydroxylation is 1. The number of fused-ring (bicyclic) bond motifs is 1. The normalized spacial score (nSPS) is 12.5. The number of rotatable bonds is 4. The van der Waals surface area contributed by atoms with Crippen molar-refractivity contribution in [1.29, 1.82) is 0 Å². The van der Waals surface area contributed by atoms with Gasteiger partial charge in [-0.1, -0.05) is 6.07 Å². The average Bonchev–Trinajstić information content (AvgIpc) is 2.86. The van der Waals surface area contributed by atoms with Gasteiger partial charge in [0.2, 0.25) is 0 Å². The number of aromatic nitrogens is 4. The van der Waals surface area contributed by atoms with Crippen molar-refractivity contribution in [3.8, 4) is 0 Å². The van der Waals surface area contributed by atoms with Gasteiger partial charge in [0.15, 0.2) is 11.5 Å². The molecule has 114 valence electrons. The predicted octanol–water partition coefficient (Wildman–Crippen LogP) is 1.86. The first-order valence-electron chi connectivity index (χ1n) is 6.61. The molecule has 0 saturated heterocycles. The average molecular weight is 305 g/mol. The smallest absolute Gasteiger partial charge is 0.178 e. The minimum Gasteiger partial charge on any atom is -0.386 e. The zero-order valence-electron chi connectivity index (χ0n) is 11.7. The van der Waals surface area contributed by atoms with E-state index in [1.807, 2.05) is 0 Å². The second-order valence-corrected chi connectivity index (χ2v) is 4.77. The van der Waals surface area contributed by atoms with Crippen LogP contribution in [0.15, 0.2) is 30.3 Å². The second kappa shape index (κ2) is 5.64. The number of aliphatic hydroxyl groups is 1. The van der Waals surface area contributed by atoms with Gasteiger partial charge in [0.05, 0.1) is 5.56 Å². The summed E-state index contributed by atoms with van der Waals surface area (Å²) in [4.78, 5) is 0. The molecule has 0 radical (unpaired) electrons. The lowest BCUT2D eigenvalue weighted by atomic mass is 10.1. The van der Waals surface area contributed by atoms with Crippen LogP contribution in [0.1, 0.15) is 17.5 Å². The molecule has 0 saturated carbocycles. The lowest BCUT2D eigenvalue weighted by molar-refractivity contribution is 0.181. The van der Waals surface area contributed by atoms with E-state index in [0.717, 1.165) is 12.1 Å². The summed E-state index contributed by atoms with van der Waals surface area (Å²) in [5, 5.41) is 24.8. The van der Waals surface area contributed by atoms with Crippen LogP contribution in [-0.2, 0) is 0 Å². The summed E-state index contributed by atoms with van der Waals surface area (Å²) in [5.41, 5.74) is 0.223. The van der Waals surface area contributed by atoms with Gasteiger partial charge in [-0.15, -0.1) is 15.3 Å². The molecular formula is C14H13F2N5O. The molecule has 0 aliphatic rings. The van der Waals surface area contributed by atoms with E-state index in [1.165, 1.54) is 10.6 Å². The maximum absolute atomic E-state index is 13.6. The van der Waals surface area contributed by atoms with Gasteiger partial charge >= 0.3 is 0 Å². The van der Waals surface area contributed by atoms with Crippen LogP contribution in [-0.4, -0.2) is 31.5 Å². The molecule has 6 nitrogen and oxygen atoms in total. The van der Waals surface area contributed by atoms with Crippen LogP contribution in [0, 0.1) is 18.6 Å². The van der Waals surface area contributed by atoms with E-state index in [0.29, 0.717) is 17.3 Å². The third-order valence-corrected chi connectivity index (χ3v) is 3.23. The molecular weight excluding hydrogens is 292 g/mol. The van der Waals surface area contributed by atoms with Crippen molar-refractivity contribution in [3.63, 3.8) is 0 Å². The first-order valence-corrected chi connectivity index (χ1v) is 6.61. The van der Waals surface area contributed by atoms with Crippen LogP contribution < -0.4 is 5.32 Å². The largest absolute Gasteiger partial charge is 0.386 e. The fourth-order valence-corrected chi connectivity index (χ4v) is 2.12. The number of anilines is 1. The molecule has 0 amide bonds. The van der Waals surface area contributed by atoms with E-state index >= 15 is 0 Å².